The quantitative estimate of drug-likeness (QED) is 0.0660. The van der Waals surface area contributed by atoms with Crippen LogP contribution in [0, 0.1) is 53.3 Å². The summed E-state index contributed by atoms with van der Waals surface area (Å²) in [5.41, 5.74) is 11.2. The minimum atomic E-state index is -1.03. The minimum absolute atomic E-state index is 0.327. The second-order valence-electron chi connectivity index (χ2n) is 24.6. The molecule has 0 unspecified atom stereocenters. The normalized spacial score (nSPS) is 11.6. The smallest absolute Gasteiger partial charge is 0.120 e. The predicted octanol–water partition coefficient (Wildman–Crippen LogP) is 11.0. The summed E-state index contributed by atoms with van der Waals surface area (Å²) < 4.78 is 8.59. The average Bonchev–Trinajstić information content (AvgIpc) is 1.69. The molecule has 8 N–H and O–H groups in total. The van der Waals surface area contributed by atoms with E-state index in [9.17, 15) is 20.4 Å². The molecule has 12 heterocycles. The van der Waals surface area contributed by atoms with Gasteiger partial charge in [-0.25, -0.2) is 19.9 Å². The van der Waals surface area contributed by atoms with Gasteiger partial charge in [0.2, 0.25) is 0 Å². The van der Waals surface area contributed by atoms with Gasteiger partial charge in [0.05, 0.1) is 71.6 Å². The number of pyridine rings is 4. The van der Waals surface area contributed by atoms with Crippen LogP contribution in [0.15, 0.2) is 123 Å². The summed E-state index contributed by atoms with van der Waals surface area (Å²) in [5.74, 6) is 23.5. The number of aliphatic hydroxyl groups is 4. The molecule has 0 fully saturated rings. The Morgan fingerprint density at radius 2 is 0.733 bits per heavy atom. The van der Waals surface area contributed by atoms with Crippen molar-refractivity contribution >= 4 is 43.6 Å². The molecule has 0 saturated heterocycles. The highest BCUT2D eigenvalue weighted by Gasteiger charge is 2.18. The Hall–Kier alpha value is -10.3. The maximum Gasteiger partial charge on any atom is 0.120 e. The fourth-order valence-electron chi connectivity index (χ4n) is 9.69. The van der Waals surface area contributed by atoms with Crippen LogP contribution in [0.3, 0.4) is 0 Å². The van der Waals surface area contributed by atoms with Crippen molar-refractivity contribution in [3.8, 4) is 91.9 Å². The molecule has 20 nitrogen and oxygen atoms in total. The van der Waals surface area contributed by atoms with Gasteiger partial charge in [-0.05, 0) is 130 Å². The first-order valence-electron chi connectivity index (χ1n) is 29.5. The molecule has 0 aliphatic heterocycles. The Morgan fingerprint density at radius 3 is 1.07 bits per heavy atom. The molecule has 90 heavy (non-hydrogen) atoms. The molecule has 12 aromatic heterocycles. The maximum absolute atomic E-state index is 9.78. The molecule has 0 radical (unpaired) electrons. The van der Waals surface area contributed by atoms with Crippen LogP contribution in [0.1, 0.15) is 119 Å². The fourth-order valence-corrected chi connectivity index (χ4v) is 9.69. The molecule has 0 atom stereocenters. The van der Waals surface area contributed by atoms with Gasteiger partial charge in [0.25, 0.3) is 0 Å². The number of aromatic nitrogens is 16. The van der Waals surface area contributed by atoms with Crippen molar-refractivity contribution < 1.29 is 20.4 Å². The highest BCUT2D eigenvalue weighted by atomic mass is 16.3. The van der Waals surface area contributed by atoms with Gasteiger partial charge < -0.3 is 38.7 Å². The molecule has 12 aromatic rings. The highest BCUT2D eigenvalue weighted by molar-refractivity contribution is 5.99. The summed E-state index contributed by atoms with van der Waals surface area (Å²) in [6, 6.07) is 8.18. The summed E-state index contributed by atoms with van der Waals surface area (Å²) in [5, 5.41) is 70.8. The summed E-state index contributed by atoms with van der Waals surface area (Å²) in [6.45, 7) is 25.8. The van der Waals surface area contributed by atoms with Crippen LogP contribution in [0.4, 0.5) is 0 Å². The second kappa shape index (κ2) is 26.6. The molecule has 0 aliphatic rings. The molecular weight excluding hydrogens is 1130 g/mol. The molecule has 0 bridgehead atoms. The van der Waals surface area contributed by atoms with Gasteiger partial charge in [0.1, 0.15) is 45.2 Å². The predicted molar refractivity (Wildman–Crippen MR) is 354 cm³/mol. The van der Waals surface area contributed by atoms with E-state index in [0.717, 1.165) is 101 Å². The summed E-state index contributed by atoms with van der Waals surface area (Å²) in [7, 11) is 1.98. The van der Waals surface area contributed by atoms with Gasteiger partial charge >= 0.3 is 0 Å². The van der Waals surface area contributed by atoms with Gasteiger partial charge in [0, 0.05) is 142 Å². The van der Waals surface area contributed by atoms with Crippen molar-refractivity contribution in [1.82, 2.24) is 79.0 Å². The topological polar surface area (TPSA) is 267 Å². The van der Waals surface area contributed by atoms with Crippen LogP contribution >= 0.6 is 0 Å². The molecule has 0 spiro atoms. The monoisotopic (exact) mass is 1200 g/mol. The number of hydrogen-bond acceptors (Lipinski definition) is 12. The van der Waals surface area contributed by atoms with E-state index in [1.807, 2.05) is 97.8 Å². The summed E-state index contributed by atoms with van der Waals surface area (Å²) in [4.78, 5) is 17.6. The lowest BCUT2D eigenvalue weighted by atomic mass is 10.1. The van der Waals surface area contributed by atoms with E-state index >= 15 is 0 Å². The molecule has 0 amide bonds. The van der Waals surface area contributed by atoms with E-state index < -0.39 is 22.4 Å². The van der Waals surface area contributed by atoms with Crippen LogP contribution in [0.2, 0.25) is 0 Å². The lowest BCUT2D eigenvalue weighted by molar-refractivity contribution is 0.143. The van der Waals surface area contributed by atoms with Gasteiger partial charge in [-0.2, -0.15) is 20.4 Å². The van der Waals surface area contributed by atoms with E-state index in [4.69, 9.17) is 0 Å². The first-order valence-corrected chi connectivity index (χ1v) is 29.5. The zero-order valence-electron chi connectivity index (χ0n) is 53.3. The number of fused-ring (bicyclic) bond motifs is 4. The van der Waals surface area contributed by atoms with Crippen molar-refractivity contribution in [2.24, 2.45) is 13.0 Å². The Kier molecular flexibility index (Phi) is 18.9. The molecule has 0 aromatic carbocycles. The van der Waals surface area contributed by atoms with E-state index in [1.54, 1.807) is 74.0 Å². The number of aryl methyl sites for hydroxylation is 2. The third-order valence-electron chi connectivity index (χ3n) is 13.8. The second-order valence-corrected chi connectivity index (χ2v) is 24.6. The maximum atomic E-state index is 9.78. The Balaban J connectivity index is 0.000000142. The zero-order chi connectivity index (χ0) is 64.7. The lowest BCUT2D eigenvalue weighted by Crippen LogP contribution is -2.14. The number of aromatic amines is 4. The number of rotatable bonds is 8. The molecule has 20 heteroatoms. The Morgan fingerprint density at radius 1 is 0.422 bits per heavy atom. The number of nitrogens with one attached hydrogen (secondary N) is 4. The SMILES string of the molecule is CC(C)Cn1cc(-c2cn[nH]c2)c2cc(C#CC(C)(C)O)ncc21.CC(C)n1cc(-c2cn[nH]c2)c2cc(C#CC(C)(C)O)ncc21.CCn1cc(-c2cn[nH]c2)c2cc(C#CC(C)(C)O)ncc21.Cn1cc(-c2cn[nH]c2)c2cc(C#CC(C)(C)O)ncc21. The third-order valence-corrected chi connectivity index (χ3v) is 13.8. The van der Waals surface area contributed by atoms with Crippen molar-refractivity contribution in [2.75, 3.05) is 0 Å². The Labute approximate surface area is 523 Å². The number of hydrogen-bond donors (Lipinski definition) is 8. The molecule has 12 rings (SSSR count). The van der Waals surface area contributed by atoms with Crippen molar-refractivity contribution in [1.29, 1.82) is 0 Å². The van der Waals surface area contributed by atoms with E-state index in [2.05, 4.69) is 175 Å². The van der Waals surface area contributed by atoms with Gasteiger partial charge in [-0.15, -0.1) is 0 Å². The number of H-pyrrole nitrogens is 4. The van der Waals surface area contributed by atoms with Gasteiger partial charge in [0.15, 0.2) is 0 Å². The molecule has 0 aliphatic carbocycles. The largest absolute Gasteiger partial charge is 0.378 e. The third kappa shape index (κ3) is 16.2. The van der Waals surface area contributed by atoms with Crippen LogP contribution < -0.4 is 0 Å². The summed E-state index contributed by atoms with van der Waals surface area (Å²) >= 11 is 0. The average molecular weight is 1210 g/mol. The fraction of sp³-hybridized carbons (Fsp3) is 0.314. The van der Waals surface area contributed by atoms with Crippen molar-refractivity contribution in [3.63, 3.8) is 0 Å². The van der Waals surface area contributed by atoms with Crippen molar-refractivity contribution in [2.45, 2.75) is 132 Å². The van der Waals surface area contributed by atoms with Crippen molar-refractivity contribution in [3.05, 3.63) is 146 Å². The van der Waals surface area contributed by atoms with Crippen LogP contribution in [0.5, 0.6) is 0 Å². The first-order chi connectivity index (χ1) is 42.6. The van der Waals surface area contributed by atoms with E-state index in [1.165, 1.54) is 0 Å². The lowest BCUT2D eigenvalue weighted by Gasteiger charge is -2.08. The standard InChI is InChI=1S/C19H22N4O.C18H20N4O.C17H18N4O.C16H16N4O/c1-13(2)11-23-12-17(14-8-21-22-9-14)16-7-15(20-10-18(16)23)5-6-19(3,4)24;1-12(2)22-11-16(13-8-20-21-9-13)15-7-14(19-10-17(15)22)5-6-18(3,4)23;1-4-21-11-15(12-8-19-20-9-12)14-7-13(18-10-16(14)21)5-6-17(2,3)22;1-16(2,21)5-4-12-6-13-14(11-7-18-19-8-11)10-20(3)15(13)9-17-12/h7-10,12-13,24H,11H2,1-4H3,(H,21,22);7-12,23H,1-4H3,(H,20,21);7-11,22H,4H2,1-3H3,(H,19,20);6-10,21H,1-3H3,(H,18,19). The summed E-state index contributed by atoms with van der Waals surface area (Å²) in [6.07, 6.45) is 30.4. The first kappa shape index (κ1) is 64.2. The minimum Gasteiger partial charge on any atom is -0.378 e. The van der Waals surface area contributed by atoms with Gasteiger partial charge in [-0.3, -0.25) is 20.4 Å². The van der Waals surface area contributed by atoms with Crippen LogP contribution in [-0.2, 0) is 20.1 Å². The zero-order valence-corrected chi connectivity index (χ0v) is 53.3. The number of nitrogens with zero attached hydrogens (tertiary/aromatic N) is 12. The molecule has 0 saturated carbocycles. The van der Waals surface area contributed by atoms with Crippen LogP contribution in [-0.4, -0.2) is 122 Å². The highest BCUT2D eigenvalue weighted by Crippen LogP contribution is 2.35. The van der Waals surface area contributed by atoms with Crippen LogP contribution in [0.25, 0.3) is 88.1 Å². The molecular formula is C70H76N16O4. The Bertz CT molecular complexity index is 4690. The van der Waals surface area contributed by atoms with E-state index in [0.29, 0.717) is 34.7 Å². The molecule has 460 valence electrons. The van der Waals surface area contributed by atoms with E-state index in [-0.39, 0.29) is 0 Å². The van der Waals surface area contributed by atoms with Gasteiger partial charge in [-0.1, -0.05) is 37.5 Å².